The van der Waals surface area contributed by atoms with E-state index < -0.39 is 35.2 Å². The smallest absolute Gasteiger partial charge is 0.416 e. The molecule has 0 aliphatic carbocycles. The Bertz CT molecular complexity index is 773. The van der Waals surface area contributed by atoms with Gasteiger partial charge in [0.05, 0.1) is 35.8 Å². The van der Waals surface area contributed by atoms with E-state index in [0.29, 0.717) is 18.7 Å². The van der Waals surface area contributed by atoms with Crippen LogP contribution in [0.4, 0.5) is 42.5 Å². The first kappa shape index (κ1) is 20.3. The predicted octanol–water partition coefficient (Wildman–Crippen LogP) is 4.56. The fourth-order valence-electron chi connectivity index (χ4n) is 1.90. The lowest BCUT2D eigenvalue weighted by atomic mass is 10.1. The molecule has 0 unspecified atom stereocenters. The van der Waals surface area contributed by atoms with Crippen LogP contribution < -0.4 is 15.4 Å². The minimum Gasteiger partial charge on any atom is -0.464 e. The number of nitrogens with zero attached hydrogens (tertiary/aromatic N) is 2. The molecule has 146 valence electrons. The zero-order valence-electron chi connectivity index (χ0n) is 13.6. The summed E-state index contributed by atoms with van der Waals surface area (Å²) in [6.45, 7) is 2.01. The summed E-state index contributed by atoms with van der Waals surface area (Å²) in [6, 6.07) is -0.289. The summed E-state index contributed by atoms with van der Waals surface area (Å²) >= 11 is 0. The Balaban J connectivity index is 2.18. The quantitative estimate of drug-likeness (QED) is 0.746. The molecule has 27 heavy (non-hydrogen) atoms. The van der Waals surface area contributed by atoms with Gasteiger partial charge < -0.3 is 15.4 Å². The molecule has 1 heterocycles. The van der Waals surface area contributed by atoms with Crippen molar-refractivity contribution in [2.45, 2.75) is 19.3 Å². The number of halogens is 6. The number of benzene rings is 1. The first-order valence-electron chi connectivity index (χ1n) is 7.31. The van der Waals surface area contributed by atoms with Gasteiger partial charge in [-0.2, -0.15) is 26.3 Å². The van der Waals surface area contributed by atoms with Crippen molar-refractivity contribution in [3.05, 3.63) is 41.7 Å². The normalized spacial score (nSPS) is 11.8. The molecule has 1 aromatic heterocycles. The second-order valence-corrected chi connectivity index (χ2v) is 5.06. The Morgan fingerprint density at radius 1 is 0.926 bits per heavy atom. The Morgan fingerprint density at radius 2 is 1.41 bits per heavy atom. The highest BCUT2D eigenvalue weighted by Crippen LogP contribution is 2.37. The summed E-state index contributed by atoms with van der Waals surface area (Å²) in [6.07, 6.45) is -7.72. The van der Waals surface area contributed by atoms with Crippen LogP contribution in [-0.4, -0.2) is 22.6 Å². The van der Waals surface area contributed by atoms with Crippen LogP contribution in [0.3, 0.4) is 0 Å². The summed E-state index contributed by atoms with van der Waals surface area (Å²) in [5, 5.41) is 4.10. The minimum atomic E-state index is -5.02. The molecular weight excluding hydrogens is 382 g/mol. The van der Waals surface area contributed by atoms with Crippen LogP contribution in [0.25, 0.3) is 0 Å². The lowest BCUT2D eigenvalue weighted by molar-refractivity contribution is -0.143. The third-order valence-electron chi connectivity index (χ3n) is 3.00. The van der Waals surface area contributed by atoms with Gasteiger partial charge in [-0.3, -0.25) is 0 Å². The van der Waals surface area contributed by atoms with E-state index in [0.717, 1.165) is 12.4 Å². The van der Waals surface area contributed by atoms with Gasteiger partial charge in [0.2, 0.25) is 0 Å². The van der Waals surface area contributed by atoms with Gasteiger partial charge in [-0.05, 0) is 25.1 Å². The van der Waals surface area contributed by atoms with E-state index in [4.69, 9.17) is 4.74 Å². The topological polar surface area (TPSA) is 76.1 Å². The molecule has 12 heteroatoms. The standard InChI is InChI=1S/C15H12F6N4O2/c1-2-27-13-22-6-11(7-23-13)25-12(26)24-10-4-8(14(16,17)18)3-9(5-10)15(19,20)21/h3-7H,2H2,1H3,(H2,24,25,26). The average Bonchev–Trinajstić information content (AvgIpc) is 2.55. The predicted molar refractivity (Wildman–Crippen MR) is 82.3 cm³/mol. The van der Waals surface area contributed by atoms with Crippen LogP contribution in [-0.2, 0) is 12.4 Å². The van der Waals surface area contributed by atoms with Crippen molar-refractivity contribution in [3.8, 4) is 6.01 Å². The Morgan fingerprint density at radius 3 is 1.85 bits per heavy atom. The van der Waals surface area contributed by atoms with E-state index in [1.165, 1.54) is 0 Å². The highest BCUT2D eigenvalue weighted by atomic mass is 19.4. The zero-order chi connectivity index (χ0) is 20.2. The van der Waals surface area contributed by atoms with Crippen LogP contribution >= 0.6 is 0 Å². The molecule has 0 aliphatic heterocycles. The minimum absolute atomic E-state index is 0.0381. The van der Waals surface area contributed by atoms with Crippen LogP contribution in [0.1, 0.15) is 18.1 Å². The molecule has 0 saturated heterocycles. The number of carbonyl (C=O) groups is 1. The molecule has 1 aromatic carbocycles. The third-order valence-corrected chi connectivity index (χ3v) is 3.00. The number of urea groups is 1. The third kappa shape index (κ3) is 5.72. The van der Waals surface area contributed by atoms with Gasteiger partial charge in [-0.15, -0.1) is 0 Å². The summed E-state index contributed by atoms with van der Waals surface area (Å²) in [4.78, 5) is 19.3. The number of hydrogen-bond acceptors (Lipinski definition) is 4. The molecule has 0 fully saturated rings. The molecule has 2 rings (SSSR count). The molecule has 0 aliphatic rings. The van der Waals surface area contributed by atoms with Gasteiger partial charge in [-0.1, -0.05) is 0 Å². The van der Waals surface area contributed by atoms with Gasteiger partial charge >= 0.3 is 24.4 Å². The summed E-state index contributed by atoms with van der Waals surface area (Å²) in [5.41, 5.74) is -3.71. The van der Waals surface area contributed by atoms with Crippen molar-refractivity contribution in [2.75, 3.05) is 17.2 Å². The van der Waals surface area contributed by atoms with Crippen LogP contribution in [0.5, 0.6) is 6.01 Å². The number of nitrogens with one attached hydrogen (secondary N) is 2. The highest BCUT2D eigenvalue weighted by Gasteiger charge is 2.37. The van der Waals surface area contributed by atoms with Crippen molar-refractivity contribution in [2.24, 2.45) is 0 Å². The number of ether oxygens (including phenoxy) is 1. The number of carbonyl (C=O) groups excluding carboxylic acids is 1. The summed E-state index contributed by atoms with van der Waals surface area (Å²) in [7, 11) is 0. The Kier molecular flexibility index (Phi) is 5.76. The largest absolute Gasteiger partial charge is 0.464 e. The fraction of sp³-hybridized carbons (Fsp3) is 0.267. The van der Waals surface area contributed by atoms with Gasteiger partial charge in [-0.25, -0.2) is 14.8 Å². The highest BCUT2D eigenvalue weighted by molar-refractivity contribution is 5.99. The van der Waals surface area contributed by atoms with Gasteiger partial charge in [0, 0.05) is 5.69 Å². The average molecular weight is 394 g/mol. The van der Waals surface area contributed by atoms with E-state index in [1.807, 2.05) is 5.32 Å². The lowest BCUT2D eigenvalue weighted by Gasteiger charge is -2.15. The molecule has 0 atom stereocenters. The van der Waals surface area contributed by atoms with Crippen molar-refractivity contribution in [1.82, 2.24) is 9.97 Å². The molecule has 6 nitrogen and oxygen atoms in total. The number of amides is 2. The van der Waals surface area contributed by atoms with E-state index >= 15 is 0 Å². The first-order chi connectivity index (χ1) is 12.5. The van der Waals surface area contributed by atoms with Crippen molar-refractivity contribution < 1.29 is 35.9 Å². The maximum absolute atomic E-state index is 12.8. The second-order valence-electron chi connectivity index (χ2n) is 5.06. The molecule has 2 N–H and O–H groups in total. The van der Waals surface area contributed by atoms with Gasteiger partial charge in [0.1, 0.15) is 0 Å². The lowest BCUT2D eigenvalue weighted by Crippen LogP contribution is -2.21. The van der Waals surface area contributed by atoms with E-state index in [9.17, 15) is 31.1 Å². The van der Waals surface area contributed by atoms with Crippen molar-refractivity contribution in [3.63, 3.8) is 0 Å². The van der Waals surface area contributed by atoms with Crippen molar-refractivity contribution in [1.29, 1.82) is 0 Å². The SMILES string of the molecule is CCOc1ncc(NC(=O)Nc2cc(C(F)(F)F)cc(C(F)(F)F)c2)cn1. The molecule has 2 aromatic rings. The monoisotopic (exact) mass is 394 g/mol. The number of rotatable bonds is 4. The number of alkyl halides is 6. The van der Waals surface area contributed by atoms with Crippen LogP contribution in [0.15, 0.2) is 30.6 Å². The van der Waals surface area contributed by atoms with Gasteiger partial charge in [0.15, 0.2) is 0 Å². The maximum atomic E-state index is 12.8. The molecule has 0 saturated carbocycles. The molecular formula is C15H12F6N4O2. The van der Waals surface area contributed by atoms with E-state index in [1.54, 1.807) is 6.92 Å². The van der Waals surface area contributed by atoms with E-state index in [2.05, 4.69) is 15.3 Å². The summed E-state index contributed by atoms with van der Waals surface area (Å²) in [5.74, 6) is 0. The van der Waals surface area contributed by atoms with E-state index in [-0.39, 0.29) is 17.8 Å². The summed E-state index contributed by atoms with van der Waals surface area (Å²) < 4.78 is 81.8. The zero-order valence-corrected chi connectivity index (χ0v) is 13.6. The molecule has 2 amide bonds. The number of aromatic nitrogens is 2. The molecule has 0 radical (unpaired) electrons. The number of anilines is 2. The van der Waals surface area contributed by atoms with Crippen LogP contribution in [0, 0.1) is 0 Å². The van der Waals surface area contributed by atoms with Gasteiger partial charge in [0.25, 0.3) is 0 Å². The Hall–Kier alpha value is -3.05. The fourth-order valence-corrected chi connectivity index (χ4v) is 1.90. The number of hydrogen-bond donors (Lipinski definition) is 2. The van der Waals surface area contributed by atoms with Crippen LogP contribution in [0.2, 0.25) is 0 Å². The Labute approximate surface area is 148 Å². The second kappa shape index (κ2) is 7.68. The first-order valence-corrected chi connectivity index (χ1v) is 7.31. The molecule has 0 bridgehead atoms. The molecule has 0 spiro atoms. The van der Waals surface area contributed by atoms with Crippen molar-refractivity contribution >= 4 is 17.4 Å². The maximum Gasteiger partial charge on any atom is 0.416 e.